The van der Waals surface area contributed by atoms with E-state index in [1.54, 1.807) is 12.1 Å². The molecule has 0 radical (unpaired) electrons. The third kappa shape index (κ3) is 3.87. The van der Waals surface area contributed by atoms with Crippen molar-refractivity contribution in [3.8, 4) is 23.3 Å². The number of nitrogens with zero attached hydrogens (tertiary/aromatic N) is 1. The van der Waals surface area contributed by atoms with Gasteiger partial charge in [-0.2, -0.15) is 0 Å². The minimum atomic E-state index is -0.265. The van der Waals surface area contributed by atoms with Gasteiger partial charge in [-0.25, -0.2) is 4.39 Å². The maximum absolute atomic E-state index is 13.2. The summed E-state index contributed by atoms with van der Waals surface area (Å²) in [6, 6.07) is 18.8. The Labute approximate surface area is 198 Å². The number of aliphatic hydroxyl groups is 1. The molecule has 0 amide bonds. The van der Waals surface area contributed by atoms with Crippen LogP contribution in [0.1, 0.15) is 34.7 Å². The first-order chi connectivity index (χ1) is 16.7. The first-order valence-electron chi connectivity index (χ1n) is 11.6. The van der Waals surface area contributed by atoms with Gasteiger partial charge in [0.05, 0.1) is 12.6 Å². The van der Waals surface area contributed by atoms with E-state index in [0.29, 0.717) is 5.92 Å². The van der Waals surface area contributed by atoms with Crippen LogP contribution in [0.15, 0.2) is 60.7 Å². The van der Waals surface area contributed by atoms with E-state index in [-0.39, 0.29) is 31.3 Å². The molecular weight excluding hydrogens is 431 g/mol. The van der Waals surface area contributed by atoms with Gasteiger partial charge < -0.3 is 19.9 Å². The fourth-order valence-electron chi connectivity index (χ4n) is 5.36. The number of halogens is 1. The van der Waals surface area contributed by atoms with Crippen molar-refractivity contribution < 1.29 is 19.0 Å². The Morgan fingerprint density at radius 2 is 1.76 bits per heavy atom. The molecule has 3 aromatic rings. The Balaban J connectivity index is 1.31. The van der Waals surface area contributed by atoms with Crippen LogP contribution in [0.5, 0.6) is 11.5 Å². The summed E-state index contributed by atoms with van der Waals surface area (Å²) < 4.78 is 24.2. The van der Waals surface area contributed by atoms with Crippen molar-refractivity contribution in [2.24, 2.45) is 5.92 Å². The van der Waals surface area contributed by atoms with Crippen molar-refractivity contribution in [1.82, 2.24) is 4.90 Å². The van der Waals surface area contributed by atoms with Gasteiger partial charge in [0.25, 0.3) is 0 Å². The van der Waals surface area contributed by atoms with Crippen molar-refractivity contribution in [2.45, 2.75) is 25.0 Å². The Bertz CT molecular complexity index is 1280. The molecule has 3 aliphatic rings. The maximum Gasteiger partial charge on any atom is 0.231 e. The first kappa shape index (κ1) is 21.0. The number of likely N-dealkylation sites (tertiary alicyclic amines) is 1. The predicted octanol–water partition coefficient (Wildman–Crippen LogP) is 4.30. The Morgan fingerprint density at radius 3 is 2.62 bits per heavy atom. The maximum atomic E-state index is 13.2. The SMILES string of the molecule is OC[C@@H]1Nc2ccc(C#Cc3ccc(F)cc3)cc2[C@@H]2[C@H]1CCN2Cc1ccc2c(c1)OCO2. The lowest BCUT2D eigenvalue weighted by molar-refractivity contribution is 0.171. The number of aliphatic hydroxyl groups excluding tert-OH is 1. The molecule has 0 aromatic heterocycles. The molecule has 0 unspecified atom stereocenters. The Hall–Kier alpha value is -3.53. The van der Waals surface area contributed by atoms with E-state index in [4.69, 9.17) is 9.47 Å². The molecule has 2 N–H and O–H groups in total. The molecule has 3 heterocycles. The van der Waals surface area contributed by atoms with E-state index < -0.39 is 0 Å². The first-order valence-corrected chi connectivity index (χ1v) is 11.6. The number of fused-ring (bicyclic) bond motifs is 4. The predicted molar refractivity (Wildman–Crippen MR) is 127 cm³/mol. The molecule has 5 nitrogen and oxygen atoms in total. The molecule has 0 aliphatic carbocycles. The zero-order valence-corrected chi connectivity index (χ0v) is 18.6. The number of nitrogens with one attached hydrogen (secondary N) is 1. The zero-order valence-electron chi connectivity index (χ0n) is 18.6. The number of benzene rings is 3. The van der Waals surface area contributed by atoms with Crippen LogP contribution in [0.2, 0.25) is 0 Å². The summed E-state index contributed by atoms with van der Waals surface area (Å²) in [4.78, 5) is 2.49. The fourth-order valence-corrected chi connectivity index (χ4v) is 5.36. The van der Waals surface area contributed by atoms with Gasteiger partial charge in [-0.05, 0) is 78.7 Å². The summed E-state index contributed by atoms with van der Waals surface area (Å²) in [5.74, 6) is 8.00. The van der Waals surface area contributed by atoms with Crippen LogP contribution in [0, 0.1) is 23.6 Å². The molecule has 1 fully saturated rings. The van der Waals surface area contributed by atoms with Gasteiger partial charge in [-0.1, -0.05) is 17.9 Å². The summed E-state index contributed by atoms with van der Waals surface area (Å²) in [6.07, 6.45) is 1.01. The van der Waals surface area contributed by atoms with Gasteiger partial charge in [0.15, 0.2) is 11.5 Å². The smallest absolute Gasteiger partial charge is 0.231 e. The number of anilines is 1. The molecule has 6 rings (SSSR count). The minimum absolute atomic E-state index is 0.0235. The van der Waals surface area contributed by atoms with Gasteiger partial charge in [0, 0.05) is 35.3 Å². The van der Waals surface area contributed by atoms with Crippen molar-refractivity contribution in [3.63, 3.8) is 0 Å². The van der Waals surface area contributed by atoms with Crippen LogP contribution in [-0.2, 0) is 6.54 Å². The number of ether oxygens (including phenoxy) is 2. The Kier molecular flexibility index (Phi) is 5.37. The summed E-state index contributed by atoms with van der Waals surface area (Å²) in [6.45, 7) is 2.12. The molecule has 0 saturated carbocycles. The third-order valence-corrected chi connectivity index (χ3v) is 6.99. The van der Waals surface area contributed by atoms with Crippen LogP contribution in [0.3, 0.4) is 0 Å². The molecule has 1 saturated heterocycles. The van der Waals surface area contributed by atoms with Crippen LogP contribution in [0.4, 0.5) is 10.1 Å². The third-order valence-electron chi connectivity index (χ3n) is 6.99. The molecule has 3 aromatic carbocycles. The Morgan fingerprint density at radius 1 is 0.971 bits per heavy atom. The zero-order chi connectivity index (χ0) is 23.1. The van der Waals surface area contributed by atoms with Crippen molar-refractivity contribution >= 4 is 5.69 Å². The highest BCUT2D eigenvalue weighted by Crippen LogP contribution is 2.47. The minimum Gasteiger partial charge on any atom is -0.454 e. The monoisotopic (exact) mass is 456 g/mol. The second kappa shape index (κ2) is 8.68. The van der Waals surface area contributed by atoms with Crippen LogP contribution >= 0.6 is 0 Å². The van der Waals surface area contributed by atoms with Gasteiger partial charge >= 0.3 is 0 Å². The molecule has 3 aliphatic heterocycles. The van der Waals surface area contributed by atoms with Gasteiger partial charge in [0.1, 0.15) is 5.82 Å². The average Bonchev–Trinajstić information content (AvgIpc) is 3.50. The fraction of sp³-hybridized carbons (Fsp3) is 0.286. The van der Waals surface area contributed by atoms with E-state index in [2.05, 4.69) is 46.3 Å². The molecule has 6 heteroatoms. The number of hydrogen-bond donors (Lipinski definition) is 2. The lowest BCUT2D eigenvalue weighted by atomic mass is 9.82. The van der Waals surface area contributed by atoms with Gasteiger partial charge in [-0.3, -0.25) is 4.90 Å². The van der Waals surface area contributed by atoms with Crippen molar-refractivity contribution in [2.75, 3.05) is 25.3 Å². The standard InChI is InChI=1S/C28H25FN2O3/c29-21-7-3-18(4-8-21)1-2-19-5-9-24-23(13-19)28-22(25(16-32)30-24)11-12-31(28)15-20-6-10-26-27(14-20)34-17-33-26/h3-10,13-14,22,25,28,30,32H,11-12,15-17H2/t22-,25-,28-/m0/s1. The summed E-state index contributed by atoms with van der Waals surface area (Å²) in [5, 5.41) is 13.6. The van der Waals surface area contributed by atoms with E-state index in [9.17, 15) is 9.50 Å². The second-order valence-corrected chi connectivity index (χ2v) is 9.05. The van der Waals surface area contributed by atoms with Crippen LogP contribution in [-0.4, -0.2) is 36.0 Å². The van der Waals surface area contributed by atoms with Crippen LogP contribution in [0.25, 0.3) is 0 Å². The highest BCUT2D eigenvalue weighted by Gasteiger charge is 2.43. The summed E-state index contributed by atoms with van der Waals surface area (Å²) >= 11 is 0. The van der Waals surface area contributed by atoms with Gasteiger partial charge in [-0.15, -0.1) is 0 Å². The molecular formula is C28H25FN2O3. The molecule has 3 atom stereocenters. The average molecular weight is 457 g/mol. The van der Waals surface area contributed by atoms with Crippen molar-refractivity contribution in [3.05, 3.63) is 88.7 Å². The van der Waals surface area contributed by atoms with Crippen molar-refractivity contribution in [1.29, 1.82) is 0 Å². The molecule has 34 heavy (non-hydrogen) atoms. The highest BCUT2D eigenvalue weighted by atomic mass is 19.1. The number of rotatable bonds is 3. The van der Waals surface area contributed by atoms with Crippen LogP contribution < -0.4 is 14.8 Å². The topological polar surface area (TPSA) is 54.0 Å². The largest absolute Gasteiger partial charge is 0.454 e. The molecule has 0 bridgehead atoms. The van der Waals surface area contributed by atoms with Gasteiger partial charge in [0.2, 0.25) is 6.79 Å². The summed E-state index contributed by atoms with van der Waals surface area (Å²) in [5.41, 5.74) is 5.13. The normalized spacial score (nSPS) is 22.4. The molecule has 0 spiro atoms. The quantitative estimate of drug-likeness (QED) is 0.576. The lowest BCUT2D eigenvalue weighted by Crippen LogP contribution is -2.41. The van der Waals surface area contributed by atoms with E-state index >= 15 is 0 Å². The number of hydrogen-bond acceptors (Lipinski definition) is 5. The van der Waals surface area contributed by atoms with E-state index in [1.807, 2.05) is 12.1 Å². The second-order valence-electron chi connectivity index (χ2n) is 9.05. The summed E-state index contributed by atoms with van der Waals surface area (Å²) in [7, 11) is 0. The molecule has 172 valence electrons. The lowest BCUT2D eigenvalue weighted by Gasteiger charge is -2.39. The highest BCUT2D eigenvalue weighted by molar-refractivity contribution is 5.60. The van der Waals surface area contributed by atoms with E-state index in [1.165, 1.54) is 23.3 Å². The van der Waals surface area contributed by atoms with E-state index in [0.717, 1.165) is 47.8 Å².